The van der Waals surface area contributed by atoms with Crippen molar-refractivity contribution in [3.63, 3.8) is 0 Å². The quantitative estimate of drug-likeness (QED) is 0.582. The zero-order chi connectivity index (χ0) is 24.8. The largest absolute Gasteiger partial charge is 0.369 e. The molecule has 0 radical (unpaired) electrons. The molecular weight excluding hydrogens is 453 g/mol. The van der Waals surface area contributed by atoms with Gasteiger partial charge in [0.15, 0.2) is 0 Å². The van der Waals surface area contributed by atoms with Crippen molar-refractivity contribution in [1.82, 2.24) is 4.90 Å². The van der Waals surface area contributed by atoms with Crippen molar-refractivity contribution < 1.29 is 18.8 Å². The molecule has 8 heteroatoms. The zero-order valence-corrected chi connectivity index (χ0v) is 20.8. The third-order valence-electron chi connectivity index (χ3n) is 6.63. The summed E-state index contributed by atoms with van der Waals surface area (Å²) in [5, 5.41) is 1.89. The second-order valence-corrected chi connectivity index (χ2v) is 10.5. The topological polar surface area (TPSA) is 69.7 Å². The molecular formula is C26H28FN3O3S. The van der Waals surface area contributed by atoms with Gasteiger partial charge in [0.2, 0.25) is 5.91 Å². The predicted octanol–water partition coefficient (Wildman–Crippen LogP) is 5.53. The summed E-state index contributed by atoms with van der Waals surface area (Å²) >= 11 is 0.809. The average molecular weight is 482 g/mol. The van der Waals surface area contributed by atoms with Gasteiger partial charge in [-0.05, 0) is 91.9 Å². The predicted molar refractivity (Wildman–Crippen MR) is 134 cm³/mol. The van der Waals surface area contributed by atoms with Crippen LogP contribution in [0, 0.1) is 12.7 Å². The van der Waals surface area contributed by atoms with Crippen LogP contribution in [0.5, 0.6) is 0 Å². The number of amides is 3. The Morgan fingerprint density at radius 3 is 2.68 bits per heavy atom. The lowest BCUT2D eigenvalue weighted by atomic mass is 9.79. The minimum atomic E-state index is -0.641. The van der Waals surface area contributed by atoms with Gasteiger partial charge in [0.1, 0.15) is 12.4 Å². The first-order valence-corrected chi connectivity index (χ1v) is 12.0. The molecule has 3 amide bonds. The van der Waals surface area contributed by atoms with Crippen LogP contribution in [0.15, 0.2) is 41.3 Å². The summed E-state index contributed by atoms with van der Waals surface area (Å²) in [4.78, 5) is 41.2. The molecule has 34 heavy (non-hydrogen) atoms. The first-order valence-electron chi connectivity index (χ1n) is 11.2. The Morgan fingerprint density at radius 1 is 1.26 bits per heavy atom. The van der Waals surface area contributed by atoms with Crippen LogP contribution in [0.1, 0.15) is 49.8 Å². The van der Waals surface area contributed by atoms with E-state index in [1.165, 1.54) is 29.4 Å². The number of carbonyl (C=O) groups excluding carboxylic acids is 3. The number of hydrogen-bond donors (Lipinski definition) is 1. The van der Waals surface area contributed by atoms with Crippen molar-refractivity contribution in [3.05, 3.63) is 63.8 Å². The minimum absolute atomic E-state index is 0.00182. The third-order valence-corrected chi connectivity index (χ3v) is 7.54. The molecule has 0 saturated carbocycles. The van der Waals surface area contributed by atoms with Crippen molar-refractivity contribution in [2.24, 2.45) is 0 Å². The van der Waals surface area contributed by atoms with Crippen LogP contribution in [0.4, 0.5) is 20.6 Å². The molecule has 0 aromatic heterocycles. The van der Waals surface area contributed by atoms with Crippen LogP contribution in [0.2, 0.25) is 0 Å². The fraction of sp³-hybridized carbons (Fsp3) is 0.346. The molecule has 2 heterocycles. The summed E-state index contributed by atoms with van der Waals surface area (Å²) in [5.41, 5.74) is 4.31. The number of halogens is 1. The van der Waals surface area contributed by atoms with E-state index in [1.807, 2.05) is 6.92 Å². The third kappa shape index (κ3) is 4.46. The van der Waals surface area contributed by atoms with Gasteiger partial charge in [-0.25, -0.2) is 4.39 Å². The molecule has 1 saturated heterocycles. The average Bonchev–Trinajstić information content (AvgIpc) is 3.02. The summed E-state index contributed by atoms with van der Waals surface area (Å²) in [7, 11) is 2.10. The lowest BCUT2D eigenvalue weighted by molar-refractivity contribution is -0.127. The van der Waals surface area contributed by atoms with Crippen LogP contribution < -0.4 is 10.2 Å². The molecule has 0 bridgehead atoms. The van der Waals surface area contributed by atoms with Crippen LogP contribution in [-0.2, 0) is 9.59 Å². The fourth-order valence-electron chi connectivity index (χ4n) is 4.56. The van der Waals surface area contributed by atoms with Gasteiger partial charge in [-0.15, -0.1) is 0 Å². The van der Waals surface area contributed by atoms with Gasteiger partial charge >= 0.3 is 0 Å². The number of anilines is 2. The Bertz CT molecular complexity index is 1220. The van der Waals surface area contributed by atoms with E-state index in [9.17, 15) is 18.8 Å². The van der Waals surface area contributed by atoms with Crippen LogP contribution in [-0.4, -0.2) is 41.1 Å². The highest BCUT2D eigenvalue weighted by Crippen LogP contribution is 2.44. The second-order valence-electron chi connectivity index (χ2n) is 9.54. The Kier molecular flexibility index (Phi) is 6.29. The van der Waals surface area contributed by atoms with Gasteiger partial charge in [0.25, 0.3) is 11.1 Å². The molecule has 2 aromatic rings. The molecule has 178 valence electrons. The number of benzene rings is 2. The van der Waals surface area contributed by atoms with E-state index in [1.54, 1.807) is 12.1 Å². The number of nitrogens with one attached hydrogen (secondary N) is 1. The Hall–Kier alpha value is -3.13. The lowest BCUT2D eigenvalue weighted by Crippen LogP contribution is -2.45. The standard InChI is InChI=1S/C26H28FN3O3S/c1-15-10-21-18(16(2)13-26(3,4)29(21)5)11-17(15)12-22-24(32)30(25(33)34-22)14-23(31)28-20-9-7-6-8-19(20)27/h6-12,16H,13-14H2,1-5H3,(H,28,31)/b22-12-/t16-/m1/s1. The monoisotopic (exact) mass is 481 g/mol. The normalized spacial score (nSPS) is 20.6. The number of rotatable bonds is 4. The number of imide groups is 1. The van der Waals surface area contributed by atoms with Gasteiger partial charge in [0, 0.05) is 18.3 Å². The van der Waals surface area contributed by atoms with Gasteiger partial charge in [-0.3, -0.25) is 19.3 Å². The van der Waals surface area contributed by atoms with Crippen molar-refractivity contribution in [2.75, 3.05) is 23.8 Å². The van der Waals surface area contributed by atoms with Crippen molar-refractivity contribution >= 4 is 46.3 Å². The molecule has 1 atom stereocenters. The van der Waals surface area contributed by atoms with E-state index in [-0.39, 0.29) is 16.1 Å². The van der Waals surface area contributed by atoms with E-state index in [0.717, 1.165) is 34.2 Å². The maximum absolute atomic E-state index is 13.8. The van der Waals surface area contributed by atoms with E-state index >= 15 is 0 Å². The minimum Gasteiger partial charge on any atom is -0.369 e. The summed E-state index contributed by atoms with van der Waals surface area (Å²) < 4.78 is 13.8. The summed E-state index contributed by atoms with van der Waals surface area (Å²) in [6.07, 6.45) is 2.73. The SMILES string of the molecule is Cc1cc2c(cc1/C=C1\SC(=O)N(CC(=O)Nc3ccccc3F)C1=O)[C@H](C)CC(C)(C)N2C. The number of para-hydroxylation sites is 1. The number of fused-ring (bicyclic) bond motifs is 1. The number of hydrogen-bond acceptors (Lipinski definition) is 5. The highest BCUT2D eigenvalue weighted by molar-refractivity contribution is 8.18. The van der Waals surface area contributed by atoms with Crippen molar-refractivity contribution in [2.45, 2.75) is 45.6 Å². The van der Waals surface area contributed by atoms with Crippen molar-refractivity contribution in [1.29, 1.82) is 0 Å². The number of carbonyl (C=O) groups is 3. The van der Waals surface area contributed by atoms with Crippen LogP contribution in [0.25, 0.3) is 6.08 Å². The molecule has 2 aromatic carbocycles. The van der Waals surface area contributed by atoms with E-state index in [2.05, 4.69) is 50.2 Å². The number of thioether (sulfide) groups is 1. The number of nitrogens with zero attached hydrogens (tertiary/aromatic N) is 2. The first kappa shape index (κ1) is 24.0. The van der Waals surface area contributed by atoms with E-state index < -0.39 is 29.4 Å². The molecule has 0 aliphatic carbocycles. The molecule has 1 N–H and O–H groups in total. The smallest absolute Gasteiger partial charge is 0.294 e. The maximum Gasteiger partial charge on any atom is 0.294 e. The first-order chi connectivity index (χ1) is 16.0. The number of aryl methyl sites for hydroxylation is 1. The Balaban J connectivity index is 1.55. The zero-order valence-electron chi connectivity index (χ0n) is 19.9. The summed E-state index contributed by atoms with van der Waals surface area (Å²) in [6.45, 7) is 8.17. The Morgan fingerprint density at radius 2 is 1.97 bits per heavy atom. The van der Waals surface area contributed by atoms with Gasteiger partial charge in [0.05, 0.1) is 10.6 Å². The highest BCUT2D eigenvalue weighted by Gasteiger charge is 2.37. The maximum atomic E-state index is 13.8. The lowest BCUT2D eigenvalue weighted by Gasteiger charge is -2.45. The van der Waals surface area contributed by atoms with Crippen LogP contribution in [0.3, 0.4) is 0 Å². The fourth-order valence-corrected chi connectivity index (χ4v) is 5.39. The van der Waals surface area contributed by atoms with Crippen LogP contribution >= 0.6 is 11.8 Å². The highest BCUT2D eigenvalue weighted by atomic mass is 32.2. The summed E-state index contributed by atoms with van der Waals surface area (Å²) in [5.74, 6) is -1.40. The molecule has 2 aliphatic rings. The molecule has 0 unspecified atom stereocenters. The van der Waals surface area contributed by atoms with Gasteiger partial charge in [-0.2, -0.15) is 0 Å². The molecule has 4 rings (SSSR count). The Labute approximate surface area is 203 Å². The van der Waals surface area contributed by atoms with Gasteiger partial charge in [-0.1, -0.05) is 19.1 Å². The van der Waals surface area contributed by atoms with Crippen molar-refractivity contribution in [3.8, 4) is 0 Å². The van der Waals surface area contributed by atoms with Gasteiger partial charge < -0.3 is 10.2 Å². The van der Waals surface area contributed by atoms with E-state index in [4.69, 9.17) is 0 Å². The molecule has 6 nitrogen and oxygen atoms in total. The summed E-state index contributed by atoms with van der Waals surface area (Å²) in [6, 6.07) is 9.96. The second kappa shape index (κ2) is 8.91. The molecule has 0 spiro atoms. The molecule has 1 fully saturated rings. The van der Waals surface area contributed by atoms with E-state index in [0.29, 0.717) is 5.92 Å². The molecule has 2 aliphatic heterocycles.